The van der Waals surface area contributed by atoms with Crippen LogP contribution in [0, 0.1) is 5.82 Å². The van der Waals surface area contributed by atoms with Crippen molar-refractivity contribution < 1.29 is 9.18 Å². The largest absolute Gasteiger partial charge is 0.323 e. The molecule has 1 heterocycles. The fourth-order valence-electron chi connectivity index (χ4n) is 3.14. The van der Waals surface area contributed by atoms with Gasteiger partial charge in [-0.3, -0.25) is 4.79 Å². The number of thioether (sulfide) groups is 1. The van der Waals surface area contributed by atoms with E-state index in [2.05, 4.69) is 22.0 Å². The Kier molecular flexibility index (Phi) is 5.91. The van der Waals surface area contributed by atoms with Crippen LogP contribution in [-0.4, -0.2) is 21.2 Å². The van der Waals surface area contributed by atoms with Crippen LogP contribution in [-0.2, 0) is 17.8 Å². The molecule has 0 aliphatic carbocycles. The molecule has 4 aromatic rings. The fraction of sp³-hybridized carbons (Fsp3) is 0.130. The molecule has 29 heavy (non-hydrogen) atoms. The molecular weight excluding hydrogens is 385 g/mol. The van der Waals surface area contributed by atoms with Gasteiger partial charge in [-0.25, -0.2) is 9.37 Å². The molecule has 0 radical (unpaired) electrons. The van der Waals surface area contributed by atoms with Crippen molar-refractivity contribution in [2.24, 2.45) is 0 Å². The van der Waals surface area contributed by atoms with Crippen molar-refractivity contribution >= 4 is 34.4 Å². The molecule has 0 atom stereocenters. The molecule has 0 saturated heterocycles. The van der Waals surface area contributed by atoms with Crippen LogP contribution in [0.2, 0.25) is 0 Å². The lowest BCUT2D eigenvalue weighted by Crippen LogP contribution is -2.15. The van der Waals surface area contributed by atoms with Gasteiger partial charge in [0.25, 0.3) is 0 Å². The van der Waals surface area contributed by atoms with Crippen LogP contribution in [0.25, 0.3) is 11.0 Å². The van der Waals surface area contributed by atoms with Gasteiger partial charge in [-0.1, -0.05) is 66.4 Å². The van der Waals surface area contributed by atoms with Crippen LogP contribution in [0.5, 0.6) is 0 Å². The number of nitrogens with one attached hydrogen (secondary N) is 1. The summed E-state index contributed by atoms with van der Waals surface area (Å²) in [6.45, 7) is 0.766. The van der Waals surface area contributed by atoms with Crippen LogP contribution in [0.3, 0.4) is 0 Å². The molecule has 4 rings (SSSR count). The summed E-state index contributed by atoms with van der Waals surface area (Å²) in [7, 11) is 0. The van der Waals surface area contributed by atoms with Gasteiger partial charge in [-0.05, 0) is 36.2 Å². The highest BCUT2D eigenvalue weighted by Gasteiger charge is 2.14. The number of carbonyl (C=O) groups excluding carboxylic acids is 1. The number of para-hydroxylation sites is 3. The van der Waals surface area contributed by atoms with Crippen molar-refractivity contribution in [1.82, 2.24) is 9.55 Å². The standard InChI is InChI=1S/C23H20FN3OS/c24-18-10-4-5-11-19(18)25-22(28)16-29-23-26-20-12-6-7-13-21(20)27(23)15-14-17-8-2-1-3-9-17/h1-13H,14-16H2,(H,25,28). The Balaban J connectivity index is 1.49. The highest BCUT2D eigenvalue weighted by Crippen LogP contribution is 2.25. The molecule has 0 fully saturated rings. The first-order chi connectivity index (χ1) is 14.2. The van der Waals surface area contributed by atoms with Crippen molar-refractivity contribution in [3.63, 3.8) is 0 Å². The first-order valence-electron chi connectivity index (χ1n) is 9.37. The predicted molar refractivity (Wildman–Crippen MR) is 116 cm³/mol. The Labute approximate surface area is 172 Å². The van der Waals surface area contributed by atoms with Crippen LogP contribution in [0.1, 0.15) is 5.56 Å². The van der Waals surface area contributed by atoms with Gasteiger partial charge >= 0.3 is 0 Å². The molecule has 146 valence electrons. The molecule has 1 N–H and O–H groups in total. The SMILES string of the molecule is O=C(CSc1nc2ccccc2n1CCc1ccccc1)Nc1ccccc1F. The Morgan fingerprint density at radius 3 is 2.52 bits per heavy atom. The zero-order chi connectivity index (χ0) is 20.1. The van der Waals surface area contributed by atoms with Crippen molar-refractivity contribution in [3.8, 4) is 0 Å². The van der Waals surface area contributed by atoms with E-state index in [0.717, 1.165) is 29.2 Å². The molecule has 0 bridgehead atoms. The van der Waals surface area contributed by atoms with Gasteiger partial charge in [0.05, 0.1) is 22.5 Å². The third-order valence-electron chi connectivity index (χ3n) is 4.57. The molecule has 3 aromatic carbocycles. The topological polar surface area (TPSA) is 46.9 Å². The number of rotatable bonds is 7. The average Bonchev–Trinajstić information content (AvgIpc) is 3.11. The van der Waals surface area contributed by atoms with Crippen LogP contribution in [0.15, 0.2) is 84.0 Å². The molecule has 4 nitrogen and oxygen atoms in total. The second kappa shape index (κ2) is 8.92. The summed E-state index contributed by atoms with van der Waals surface area (Å²) in [4.78, 5) is 17.0. The van der Waals surface area contributed by atoms with Crippen molar-refractivity contribution in [3.05, 3.63) is 90.2 Å². The Morgan fingerprint density at radius 2 is 1.69 bits per heavy atom. The molecule has 0 unspecified atom stereocenters. The number of fused-ring (bicyclic) bond motifs is 1. The number of hydrogen-bond donors (Lipinski definition) is 1. The number of benzene rings is 3. The second-order valence-corrected chi connectivity index (χ2v) is 7.53. The Bertz CT molecular complexity index is 1130. The number of imidazole rings is 1. The summed E-state index contributed by atoms with van der Waals surface area (Å²) in [5.41, 5.74) is 3.38. The minimum absolute atomic E-state index is 0.156. The number of anilines is 1. The van der Waals surface area contributed by atoms with E-state index < -0.39 is 5.82 Å². The molecule has 1 aromatic heterocycles. The first kappa shape index (κ1) is 19.2. The summed E-state index contributed by atoms with van der Waals surface area (Å²) < 4.78 is 15.9. The lowest BCUT2D eigenvalue weighted by molar-refractivity contribution is -0.113. The lowest BCUT2D eigenvalue weighted by atomic mass is 10.1. The smallest absolute Gasteiger partial charge is 0.234 e. The number of aromatic nitrogens is 2. The van der Waals surface area contributed by atoms with E-state index in [9.17, 15) is 9.18 Å². The Hall–Kier alpha value is -3.12. The average molecular weight is 405 g/mol. The highest BCUT2D eigenvalue weighted by molar-refractivity contribution is 7.99. The third-order valence-corrected chi connectivity index (χ3v) is 5.54. The van der Waals surface area contributed by atoms with E-state index >= 15 is 0 Å². The Morgan fingerprint density at radius 1 is 0.966 bits per heavy atom. The fourth-order valence-corrected chi connectivity index (χ4v) is 3.98. The summed E-state index contributed by atoms with van der Waals surface area (Å²) in [6.07, 6.45) is 0.871. The zero-order valence-corrected chi connectivity index (χ0v) is 16.5. The van der Waals surface area contributed by atoms with Gasteiger partial charge in [-0.15, -0.1) is 0 Å². The monoisotopic (exact) mass is 405 g/mol. The maximum Gasteiger partial charge on any atom is 0.234 e. The van der Waals surface area contributed by atoms with Crippen molar-refractivity contribution in [2.75, 3.05) is 11.1 Å². The maximum atomic E-state index is 13.7. The molecule has 0 spiro atoms. The van der Waals surface area contributed by atoms with Gasteiger partial charge in [-0.2, -0.15) is 0 Å². The van der Waals surface area contributed by atoms with Gasteiger partial charge in [0, 0.05) is 6.54 Å². The first-order valence-corrected chi connectivity index (χ1v) is 10.4. The van der Waals surface area contributed by atoms with E-state index in [0.29, 0.717) is 0 Å². The molecule has 6 heteroatoms. The third kappa shape index (κ3) is 4.66. The van der Waals surface area contributed by atoms with Crippen LogP contribution < -0.4 is 5.32 Å². The van der Waals surface area contributed by atoms with Gasteiger partial charge < -0.3 is 9.88 Å². The molecule has 1 amide bonds. The van der Waals surface area contributed by atoms with E-state index in [1.54, 1.807) is 18.2 Å². The minimum atomic E-state index is -0.444. The second-order valence-electron chi connectivity index (χ2n) is 6.59. The molecule has 0 saturated carbocycles. The van der Waals surface area contributed by atoms with Gasteiger partial charge in [0.1, 0.15) is 5.82 Å². The minimum Gasteiger partial charge on any atom is -0.323 e. The maximum absolute atomic E-state index is 13.7. The summed E-state index contributed by atoms with van der Waals surface area (Å²) in [6, 6.07) is 24.4. The number of halogens is 1. The van der Waals surface area contributed by atoms with Crippen molar-refractivity contribution in [1.29, 1.82) is 0 Å². The summed E-state index contributed by atoms with van der Waals surface area (Å²) >= 11 is 1.36. The van der Waals surface area contributed by atoms with Gasteiger partial charge in [0.2, 0.25) is 5.91 Å². The van der Waals surface area contributed by atoms with Crippen LogP contribution >= 0.6 is 11.8 Å². The van der Waals surface area contributed by atoms with E-state index in [1.807, 2.05) is 42.5 Å². The number of carbonyl (C=O) groups is 1. The van der Waals surface area contributed by atoms with E-state index in [-0.39, 0.29) is 17.3 Å². The van der Waals surface area contributed by atoms with Crippen molar-refractivity contribution in [2.45, 2.75) is 18.1 Å². The highest BCUT2D eigenvalue weighted by atomic mass is 32.2. The quantitative estimate of drug-likeness (QED) is 0.433. The van der Waals surface area contributed by atoms with E-state index in [1.165, 1.54) is 23.4 Å². The van der Waals surface area contributed by atoms with E-state index in [4.69, 9.17) is 4.98 Å². The lowest BCUT2D eigenvalue weighted by Gasteiger charge is -2.10. The predicted octanol–water partition coefficient (Wildman–Crippen LogP) is 5.15. The molecule has 0 aliphatic heterocycles. The zero-order valence-electron chi connectivity index (χ0n) is 15.7. The normalized spacial score (nSPS) is 10.9. The number of hydrogen-bond acceptors (Lipinski definition) is 3. The molecule has 0 aliphatic rings. The number of nitrogens with zero attached hydrogens (tertiary/aromatic N) is 2. The van der Waals surface area contributed by atoms with Crippen LogP contribution in [0.4, 0.5) is 10.1 Å². The number of amides is 1. The van der Waals surface area contributed by atoms with Gasteiger partial charge in [0.15, 0.2) is 5.16 Å². The summed E-state index contributed by atoms with van der Waals surface area (Å²) in [5, 5.41) is 3.40. The molecular formula is C23H20FN3OS. The number of aryl methyl sites for hydroxylation is 2. The summed E-state index contributed by atoms with van der Waals surface area (Å²) in [5.74, 6) is -0.550.